The van der Waals surface area contributed by atoms with Crippen LogP contribution in [0.15, 0.2) is 0 Å². The van der Waals surface area contributed by atoms with Gasteiger partial charge in [0.05, 0.1) is 6.04 Å². The first kappa shape index (κ1) is 12.4. The van der Waals surface area contributed by atoms with Gasteiger partial charge in [0.2, 0.25) is 5.91 Å². The van der Waals surface area contributed by atoms with Gasteiger partial charge in [-0.1, -0.05) is 0 Å². The Balaban J connectivity index is 2.53. The lowest BCUT2D eigenvalue weighted by atomic mass is 10.2. The first-order valence-electron chi connectivity index (χ1n) is 4.64. The molecule has 15 heavy (non-hydrogen) atoms. The van der Waals surface area contributed by atoms with E-state index in [1.807, 2.05) is 0 Å². The highest BCUT2D eigenvalue weighted by Gasteiger charge is 2.27. The van der Waals surface area contributed by atoms with Crippen molar-refractivity contribution in [2.45, 2.75) is 13.0 Å². The summed E-state index contributed by atoms with van der Waals surface area (Å²) < 4.78 is 23.1. The highest BCUT2D eigenvalue weighted by Crippen LogP contribution is 2.05. The van der Waals surface area contributed by atoms with Crippen molar-refractivity contribution >= 4 is 16.1 Å². The summed E-state index contributed by atoms with van der Waals surface area (Å²) in [6.07, 6.45) is 0. The summed E-state index contributed by atoms with van der Waals surface area (Å²) >= 11 is 0. The third-order valence-electron chi connectivity index (χ3n) is 2.30. The van der Waals surface area contributed by atoms with Gasteiger partial charge >= 0.3 is 0 Å². The molecule has 0 aliphatic carbocycles. The minimum absolute atomic E-state index is 0.163. The van der Waals surface area contributed by atoms with E-state index in [0.29, 0.717) is 13.1 Å². The molecule has 88 valence electrons. The molecule has 0 unspecified atom stereocenters. The van der Waals surface area contributed by atoms with Gasteiger partial charge in [0.1, 0.15) is 0 Å². The number of hydrogen-bond donors (Lipinski definition) is 2. The molecule has 0 aromatic heterocycles. The molecule has 0 saturated carbocycles. The Labute approximate surface area is 89.2 Å². The summed E-state index contributed by atoms with van der Waals surface area (Å²) in [5.41, 5.74) is 5.44. The molecule has 1 aliphatic heterocycles. The van der Waals surface area contributed by atoms with Gasteiger partial charge in [-0.2, -0.15) is 12.7 Å². The smallest absolute Gasteiger partial charge is 0.277 e. The molecule has 1 fully saturated rings. The minimum atomic E-state index is -3.63. The molecule has 1 aliphatic rings. The molecule has 7 nitrogen and oxygen atoms in total. The zero-order chi connectivity index (χ0) is 11.6. The molecule has 0 spiro atoms. The van der Waals surface area contributed by atoms with Crippen molar-refractivity contribution < 1.29 is 13.2 Å². The predicted octanol–water partition coefficient (Wildman–Crippen LogP) is -2.32. The van der Waals surface area contributed by atoms with Crippen LogP contribution in [-0.4, -0.2) is 55.8 Å². The van der Waals surface area contributed by atoms with E-state index in [9.17, 15) is 13.2 Å². The van der Waals surface area contributed by atoms with Crippen molar-refractivity contribution in [3.05, 3.63) is 0 Å². The molecule has 4 N–H and O–H groups in total. The average Bonchev–Trinajstić information content (AvgIpc) is 2.15. The summed E-state index contributed by atoms with van der Waals surface area (Å²) in [5.74, 6) is -0.163. The first-order valence-corrected chi connectivity index (χ1v) is 6.15. The highest BCUT2D eigenvalue weighted by molar-refractivity contribution is 7.86. The van der Waals surface area contributed by atoms with Crippen LogP contribution >= 0.6 is 0 Å². The van der Waals surface area contributed by atoms with E-state index in [1.165, 1.54) is 0 Å². The van der Waals surface area contributed by atoms with E-state index in [2.05, 4.69) is 0 Å². The van der Waals surface area contributed by atoms with Crippen molar-refractivity contribution in [2.24, 2.45) is 10.9 Å². The summed E-state index contributed by atoms with van der Waals surface area (Å²) in [7, 11) is -3.63. The molecule has 1 saturated heterocycles. The molecule has 8 heteroatoms. The number of nitrogens with two attached hydrogens (primary N) is 2. The van der Waals surface area contributed by atoms with Gasteiger partial charge in [-0.25, -0.2) is 5.14 Å². The Morgan fingerprint density at radius 3 is 2.07 bits per heavy atom. The molecule has 1 atom stereocenters. The van der Waals surface area contributed by atoms with Crippen LogP contribution < -0.4 is 10.9 Å². The van der Waals surface area contributed by atoms with E-state index in [1.54, 1.807) is 11.8 Å². The van der Waals surface area contributed by atoms with Gasteiger partial charge in [-0.3, -0.25) is 4.79 Å². The highest BCUT2D eigenvalue weighted by atomic mass is 32.2. The molecular weight excluding hydrogens is 220 g/mol. The van der Waals surface area contributed by atoms with E-state index >= 15 is 0 Å². The number of nitrogens with zero attached hydrogens (tertiary/aromatic N) is 2. The fraction of sp³-hybridized carbons (Fsp3) is 0.857. The fourth-order valence-corrected chi connectivity index (χ4v) is 2.12. The molecular formula is C7H16N4O3S. The number of rotatable bonds is 2. The van der Waals surface area contributed by atoms with Crippen LogP contribution in [-0.2, 0) is 15.0 Å². The van der Waals surface area contributed by atoms with Crippen molar-refractivity contribution in [1.29, 1.82) is 0 Å². The molecule has 1 amide bonds. The molecule has 0 radical (unpaired) electrons. The maximum absolute atomic E-state index is 11.5. The Bertz CT molecular complexity index is 332. The second-order valence-electron chi connectivity index (χ2n) is 3.56. The van der Waals surface area contributed by atoms with Crippen LogP contribution in [0.1, 0.15) is 6.92 Å². The predicted molar refractivity (Wildman–Crippen MR) is 54.9 cm³/mol. The Kier molecular flexibility index (Phi) is 3.66. The zero-order valence-electron chi connectivity index (χ0n) is 8.59. The molecule has 0 aromatic carbocycles. The molecule has 0 aromatic rings. The molecule has 0 bridgehead atoms. The van der Waals surface area contributed by atoms with Crippen molar-refractivity contribution in [3.63, 3.8) is 0 Å². The lowest BCUT2D eigenvalue weighted by Crippen LogP contribution is -2.54. The second kappa shape index (κ2) is 4.44. The monoisotopic (exact) mass is 236 g/mol. The Hall–Kier alpha value is -0.700. The lowest BCUT2D eigenvalue weighted by molar-refractivity contribution is -0.133. The van der Waals surface area contributed by atoms with Crippen LogP contribution in [0.5, 0.6) is 0 Å². The van der Waals surface area contributed by atoms with Gasteiger partial charge in [0.25, 0.3) is 10.2 Å². The Morgan fingerprint density at radius 1 is 1.27 bits per heavy atom. The lowest BCUT2D eigenvalue weighted by Gasteiger charge is -2.33. The zero-order valence-corrected chi connectivity index (χ0v) is 9.40. The standard InChI is InChI=1S/C7H16N4O3S/c1-6(8)7(12)10-2-4-11(5-3-10)15(9,13)14/h6H,2-5,8H2,1H3,(H2,9,13,14)/t6-/m0/s1. The maximum atomic E-state index is 11.5. The van der Waals surface area contributed by atoms with E-state index in [4.69, 9.17) is 10.9 Å². The van der Waals surface area contributed by atoms with Crippen LogP contribution in [0.4, 0.5) is 0 Å². The topological polar surface area (TPSA) is 110 Å². The van der Waals surface area contributed by atoms with Gasteiger partial charge in [-0.05, 0) is 6.92 Å². The van der Waals surface area contributed by atoms with E-state index in [0.717, 1.165) is 4.31 Å². The summed E-state index contributed by atoms with van der Waals surface area (Å²) in [6.45, 7) is 2.76. The van der Waals surface area contributed by atoms with Gasteiger partial charge in [-0.15, -0.1) is 0 Å². The average molecular weight is 236 g/mol. The van der Waals surface area contributed by atoms with Crippen LogP contribution in [0, 0.1) is 0 Å². The third-order valence-corrected chi connectivity index (χ3v) is 3.38. The van der Waals surface area contributed by atoms with Gasteiger partial charge < -0.3 is 10.6 Å². The van der Waals surface area contributed by atoms with E-state index < -0.39 is 16.3 Å². The number of hydrogen-bond acceptors (Lipinski definition) is 4. The maximum Gasteiger partial charge on any atom is 0.277 e. The summed E-state index contributed by atoms with van der Waals surface area (Å²) in [6, 6.07) is -0.550. The molecule has 1 rings (SSSR count). The largest absolute Gasteiger partial charge is 0.339 e. The second-order valence-corrected chi connectivity index (χ2v) is 5.10. The van der Waals surface area contributed by atoms with Gasteiger partial charge in [0.15, 0.2) is 0 Å². The van der Waals surface area contributed by atoms with Crippen LogP contribution in [0.25, 0.3) is 0 Å². The SMILES string of the molecule is C[C@H](N)C(=O)N1CCN(S(N)(=O)=O)CC1. The Morgan fingerprint density at radius 2 is 1.73 bits per heavy atom. The van der Waals surface area contributed by atoms with Crippen molar-refractivity contribution in [2.75, 3.05) is 26.2 Å². The quantitative estimate of drug-likeness (QED) is 0.561. The minimum Gasteiger partial charge on any atom is -0.339 e. The van der Waals surface area contributed by atoms with E-state index in [-0.39, 0.29) is 19.0 Å². The van der Waals surface area contributed by atoms with Crippen LogP contribution in [0.2, 0.25) is 0 Å². The van der Waals surface area contributed by atoms with Gasteiger partial charge in [0, 0.05) is 26.2 Å². The van der Waals surface area contributed by atoms with Crippen LogP contribution in [0.3, 0.4) is 0 Å². The number of amides is 1. The first-order chi connectivity index (χ1) is 6.82. The third kappa shape index (κ3) is 3.13. The van der Waals surface area contributed by atoms with Crippen molar-refractivity contribution in [3.8, 4) is 0 Å². The number of carbonyl (C=O) groups excluding carboxylic acids is 1. The normalized spacial score (nSPS) is 21.4. The fourth-order valence-electron chi connectivity index (χ4n) is 1.45. The van der Waals surface area contributed by atoms with Crippen molar-refractivity contribution in [1.82, 2.24) is 9.21 Å². The number of piperazine rings is 1. The summed E-state index contributed by atoms with van der Waals surface area (Å²) in [5, 5.41) is 4.96. The summed E-state index contributed by atoms with van der Waals surface area (Å²) in [4.78, 5) is 13.0. The number of carbonyl (C=O) groups is 1. The molecule has 1 heterocycles.